The van der Waals surface area contributed by atoms with E-state index in [1.165, 1.54) is 38.8 Å². The van der Waals surface area contributed by atoms with E-state index in [0.717, 1.165) is 24.1 Å². The molecule has 3 nitrogen and oxygen atoms in total. The quantitative estimate of drug-likeness (QED) is 0.652. The molecule has 1 aromatic rings. The van der Waals surface area contributed by atoms with E-state index in [9.17, 15) is 4.79 Å². The Bertz CT molecular complexity index is 478. The van der Waals surface area contributed by atoms with Crippen LogP contribution in [0.15, 0.2) is 24.3 Å². The van der Waals surface area contributed by atoms with Crippen molar-refractivity contribution in [2.75, 3.05) is 26.2 Å². The van der Waals surface area contributed by atoms with Gasteiger partial charge in [-0.2, -0.15) is 0 Å². The molecule has 0 aliphatic heterocycles. The number of hydrogen-bond acceptors (Lipinski definition) is 3. The SMILES string of the molecule is CC(=O)c1ccccc1OCCN(CC1CC1)CC1CC1. The van der Waals surface area contributed by atoms with Gasteiger partial charge in [0.2, 0.25) is 0 Å². The standard InChI is InChI=1S/C18H25NO2/c1-14(20)17-4-2-3-5-18(17)21-11-10-19(12-15-6-7-15)13-16-8-9-16/h2-5,15-16H,6-13H2,1H3. The van der Waals surface area contributed by atoms with Gasteiger partial charge >= 0.3 is 0 Å². The predicted molar refractivity (Wildman–Crippen MR) is 83.8 cm³/mol. The molecule has 0 radical (unpaired) electrons. The van der Waals surface area contributed by atoms with Crippen LogP contribution in [0, 0.1) is 11.8 Å². The largest absolute Gasteiger partial charge is 0.491 e. The molecule has 0 amide bonds. The summed E-state index contributed by atoms with van der Waals surface area (Å²) in [6, 6.07) is 7.54. The van der Waals surface area contributed by atoms with Crippen LogP contribution >= 0.6 is 0 Å². The summed E-state index contributed by atoms with van der Waals surface area (Å²) in [6.07, 6.45) is 5.59. The minimum absolute atomic E-state index is 0.0680. The van der Waals surface area contributed by atoms with Crippen LogP contribution < -0.4 is 4.74 Å². The molecule has 0 N–H and O–H groups in total. The summed E-state index contributed by atoms with van der Waals surface area (Å²) in [7, 11) is 0. The van der Waals surface area contributed by atoms with Crippen molar-refractivity contribution in [1.82, 2.24) is 4.90 Å². The second kappa shape index (κ2) is 6.61. The van der Waals surface area contributed by atoms with E-state index in [1.54, 1.807) is 6.92 Å². The van der Waals surface area contributed by atoms with Crippen LogP contribution in [-0.2, 0) is 0 Å². The third-order valence-electron chi connectivity index (χ3n) is 4.36. The van der Waals surface area contributed by atoms with Gasteiger partial charge in [0.25, 0.3) is 0 Å². The Morgan fingerprint density at radius 3 is 2.33 bits per heavy atom. The monoisotopic (exact) mass is 287 g/mol. The highest BCUT2D eigenvalue weighted by molar-refractivity contribution is 5.96. The number of ketones is 1. The molecule has 1 aromatic carbocycles. The van der Waals surface area contributed by atoms with Gasteiger partial charge in [0.1, 0.15) is 12.4 Å². The summed E-state index contributed by atoms with van der Waals surface area (Å²) in [4.78, 5) is 14.1. The summed E-state index contributed by atoms with van der Waals surface area (Å²) >= 11 is 0. The number of nitrogens with zero attached hydrogens (tertiary/aromatic N) is 1. The van der Waals surface area contributed by atoms with Crippen LogP contribution in [0.5, 0.6) is 5.75 Å². The van der Waals surface area contributed by atoms with Gasteiger partial charge < -0.3 is 4.74 Å². The minimum atomic E-state index is 0.0680. The molecular formula is C18H25NO2. The minimum Gasteiger partial charge on any atom is -0.491 e. The number of ether oxygens (including phenoxy) is 1. The lowest BCUT2D eigenvalue weighted by Gasteiger charge is -2.22. The Labute approximate surface area is 127 Å². The third kappa shape index (κ3) is 4.57. The highest BCUT2D eigenvalue weighted by Gasteiger charge is 2.28. The summed E-state index contributed by atoms with van der Waals surface area (Å²) in [5.41, 5.74) is 0.688. The van der Waals surface area contributed by atoms with Gasteiger partial charge in [-0.05, 0) is 56.6 Å². The van der Waals surface area contributed by atoms with Crippen LogP contribution in [0.25, 0.3) is 0 Å². The lowest BCUT2D eigenvalue weighted by molar-refractivity contribution is 0.101. The molecule has 2 fully saturated rings. The first-order valence-corrected chi connectivity index (χ1v) is 8.17. The van der Waals surface area contributed by atoms with Gasteiger partial charge in [0.15, 0.2) is 5.78 Å². The maximum Gasteiger partial charge on any atom is 0.163 e. The van der Waals surface area contributed by atoms with E-state index < -0.39 is 0 Å². The smallest absolute Gasteiger partial charge is 0.163 e. The van der Waals surface area contributed by atoms with E-state index in [1.807, 2.05) is 24.3 Å². The summed E-state index contributed by atoms with van der Waals surface area (Å²) in [6.45, 7) is 5.69. The molecule has 3 rings (SSSR count). The molecule has 3 heteroatoms. The molecule has 0 aromatic heterocycles. The number of benzene rings is 1. The molecule has 0 atom stereocenters. The lowest BCUT2D eigenvalue weighted by atomic mass is 10.1. The van der Waals surface area contributed by atoms with Crippen molar-refractivity contribution < 1.29 is 9.53 Å². The van der Waals surface area contributed by atoms with Crippen molar-refractivity contribution in [2.45, 2.75) is 32.6 Å². The summed E-state index contributed by atoms with van der Waals surface area (Å²) in [5.74, 6) is 2.64. The van der Waals surface area contributed by atoms with Crippen molar-refractivity contribution >= 4 is 5.78 Å². The Balaban J connectivity index is 1.50. The van der Waals surface area contributed by atoms with E-state index in [4.69, 9.17) is 4.74 Å². The van der Waals surface area contributed by atoms with Crippen LogP contribution in [0.4, 0.5) is 0 Å². The summed E-state index contributed by atoms with van der Waals surface area (Å²) < 4.78 is 5.87. The number of rotatable bonds is 9. The maximum absolute atomic E-state index is 11.6. The second-order valence-electron chi connectivity index (χ2n) is 6.55. The van der Waals surface area contributed by atoms with Crippen molar-refractivity contribution in [3.63, 3.8) is 0 Å². The molecule has 0 bridgehead atoms. The molecule has 21 heavy (non-hydrogen) atoms. The second-order valence-corrected chi connectivity index (χ2v) is 6.55. The first-order chi connectivity index (χ1) is 10.2. The zero-order chi connectivity index (χ0) is 14.7. The molecule has 0 saturated heterocycles. The van der Waals surface area contributed by atoms with Crippen molar-refractivity contribution in [3.05, 3.63) is 29.8 Å². The predicted octanol–water partition coefficient (Wildman–Crippen LogP) is 3.39. The zero-order valence-corrected chi connectivity index (χ0v) is 12.9. The fourth-order valence-electron chi connectivity index (χ4n) is 2.76. The van der Waals surface area contributed by atoms with Gasteiger partial charge in [0.05, 0.1) is 5.56 Å². The number of hydrogen-bond donors (Lipinski definition) is 0. The van der Waals surface area contributed by atoms with Gasteiger partial charge in [-0.25, -0.2) is 0 Å². The van der Waals surface area contributed by atoms with E-state index in [-0.39, 0.29) is 5.78 Å². The Hall–Kier alpha value is -1.35. The van der Waals surface area contributed by atoms with Crippen LogP contribution in [0.3, 0.4) is 0 Å². The Kier molecular flexibility index (Phi) is 4.59. The topological polar surface area (TPSA) is 29.5 Å². The third-order valence-corrected chi connectivity index (χ3v) is 4.36. The van der Waals surface area contributed by atoms with Gasteiger partial charge in [-0.1, -0.05) is 12.1 Å². The van der Waals surface area contributed by atoms with Crippen molar-refractivity contribution in [2.24, 2.45) is 11.8 Å². The van der Waals surface area contributed by atoms with Crippen LogP contribution in [0.1, 0.15) is 43.0 Å². The number of Topliss-reactive ketones (excluding diaryl/α,β-unsaturated/α-hetero) is 1. The molecule has 2 saturated carbocycles. The average Bonchev–Trinajstić information content (AvgIpc) is 3.35. The van der Waals surface area contributed by atoms with E-state index in [0.29, 0.717) is 12.2 Å². The molecule has 114 valence electrons. The normalized spacial score (nSPS) is 18.0. The molecule has 0 unspecified atom stereocenters. The number of para-hydroxylation sites is 1. The summed E-state index contributed by atoms with van der Waals surface area (Å²) in [5, 5.41) is 0. The van der Waals surface area contributed by atoms with Gasteiger partial charge in [0, 0.05) is 19.6 Å². The Morgan fingerprint density at radius 2 is 1.76 bits per heavy atom. The maximum atomic E-state index is 11.6. The van der Waals surface area contributed by atoms with Crippen molar-refractivity contribution in [1.29, 1.82) is 0 Å². The lowest BCUT2D eigenvalue weighted by Crippen LogP contribution is -2.32. The average molecular weight is 287 g/mol. The van der Waals surface area contributed by atoms with Gasteiger partial charge in [-0.3, -0.25) is 9.69 Å². The fraction of sp³-hybridized carbons (Fsp3) is 0.611. The van der Waals surface area contributed by atoms with Crippen molar-refractivity contribution in [3.8, 4) is 5.75 Å². The molecule has 2 aliphatic rings. The molecule has 2 aliphatic carbocycles. The first-order valence-electron chi connectivity index (χ1n) is 8.17. The fourth-order valence-corrected chi connectivity index (χ4v) is 2.76. The highest BCUT2D eigenvalue weighted by atomic mass is 16.5. The van der Waals surface area contributed by atoms with Gasteiger partial charge in [-0.15, -0.1) is 0 Å². The van der Waals surface area contributed by atoms with Crippen LogP contribution in [0.2, 0.25) is 0 Å². The Morgan fingerprint density at radius 1 is 1.14 bits per heavy atom. The molecule has 0 spiro atoms. The number of carbonyl (C=O) groups is 1. The molecular weight excluding hydrogens is 262 g/mol. The molecule has 0 heterocycles. The zero-order valence-electron chi connectivity index (χ0n) is 12.9. The first kappa shape index (κ1) is 14.6. The van der Waals surface area contributed by atoms with E-state index >= 15 is 0 Å². The van der Waals surface area contributed by atoms with Crippen LogP contribution in [-0.4, -0.2) is 36.9 Å². The number of carbonyl (C=O) groups excluding carboxylic acids is 1. The highest BCUT2D eigenvalue weighted by Crippen LogP contribution is 2.33. The van der Waals surface area contributed by atoms with E-state index in [2.05, 4.69) is 4.90 Å².